The first-order chi connectivity index (χ1) is 10.3. The lowest BCUT2D eigenvalue weighted by atomic mass is 10.3. The standard InChI is InChI=1S/C14H12BrFN2O3S/c15-10-4-6-13(7-5-10)22(20,21)18(9-14(17)19)12-3-1-2-11(16)8-12/h1-8H,9H2,(H2,17,19). The average molecular weight is 387 g/mol. The van der Waals surface area contributed by atoms with Crippen molar-refractivity contribution in [3.8, 4) is 0 Å². The van der Waals surface area contributed by atoms with Gasteiger partial charge in [-0.05, 0) is 42.5 Å². The Balaban J connectivity index is 2.53. The van der Waals surface area contributed by atoms with E-state index in [0.29, 0.717) is 4.47 Å². The van der Waals surface area contributed by atoms with Gasteiger partial charge in [0.25, 0.3) is 10.0 Å². The minimum Gasteiger partial charge on any atom is -0.368 e. The predicted octanol–water partition coefficient (Wildman–Crippen LogP) is 2.27. The molecule has 22 heavy (non-hydrogen) atoms. The Morgan fingerprint density at radius 2 is 1.82 bits per heavy atom. The molecule has 2 aromatic rings. The van der Waals surface area contributed by atoms with Gasteiger partial charge in [-0.2, -0.15) is 0 Å². The Labute approximate surface area is 135 Å². The van der Waals surface area contributed by atoms with Crippen molar-refractivity contribution in [2.24, 2.45) is 5.73 Å². The van der Waals surface area contributed by atoms with Gasteiger partial charge in [0.05, 0.1) is 10.6 Å². The zero-order valence-electron chi connectivity index (χ0n) is 11.2. The molecule has 1 amide bonds. The number of halogens is 2. The third-order valence-corrected chi connectivity index (χ3v) is 5.11. The average Bonchev–Trinajstić information content (AvgIpc) is 2.45. The van der Waals surface area contributed by atoms with Crippen LogP contribution in [0, 0.1) is 5.82 Å². The minimum absolute atomic E-state index is 0.0267. The number of sulfonamides is 1. The number of carbonyl (C=O) groups is 1. The molecule has 0 bridgehead atoms. The molecule has 2 rings (SSSR count). The number of benzene rings is 2. The maximum atomic E-state index is 13.4. The van der Waals surface area contributed by atoms with Gasteiger partial charge in [0.15, 0.2) is 0 Å². The summed E-state index contributed by atoms with van der Waals surface area (Å²) in [5.74, 6) is -1.46. The summed E-state index contributed by atoms with van der Waals surface area (Å²) in [6.45, 7) is -0.581. The SMILES string of the molecule is NC(=O)CN(c1cccc(F)c1)S(=O)(=O)c1ccc(Br)cc1. The molecule has 0 saturated carbocycles. The van der Waals surface area contributed by atoms with Gasteiger partial charge in [0, 0.05) is 4.47 Å². The lowest BCUT2D eigenvalue weighted by Crippen LogP contribution is -2.38. The van der Waals surface area contributed by atoms with Crippen LogP contribution in [0.4, 0.5) is 10.1 Å². The van der Waals surface area contributed by atoms with E-state index < -0.39 is 28.3 Å². The lowest BCUT2D eigenvalue weighted by molar-refractivity contribution is -0.116. The highest BCUT2D eigenvalue weighted by atomic mass is 79.9. The van der Waals surface area contributed by atoms with Crippen LogP contribution in [0.3, 0.4) is 0 Å². The maximum absolute atomic E-state index is 13.4. The highest BCUT2D eigenvalue weighted by molar-refractivity contribution is 9.10. The number of nitrogens with two attached hydrogens (primary N) is 1. The molecule has 0 aliphatic carbocycles. The monoisotopic (exact) mass is 386 g/mol. The van der Waals surface area contributed by atoms with Crippen LogP contribution in [0.25, 0.3) is 0 Å². The van der Waals surface area contributed by atoms with Crippen molar-refractivity contribution >= 4 is 37.5 Å². The third-order valence-electron chi connectivity index (χ3n) is 2.80. The summed E-state index contributed by atoms with van der Waals surface area (Å²) in [6, 6.07) is 10.8. The number of carbonyl (C=O) groups excluding carboxylic acids is 1. The van der Waals surface area contributed by atoms with Crippen LogP contribution >= 0.6 is 15.9 Å². The first-order valence-corrected chi connectivity index (χ1v) is 8.36. The fourth-order valence-corrected chi connectivity index (χ4v) is 3.51. The van der Waals surface area contributed by atoms with Crippen LogP contribution in [0.2, 0.25) is 0 Å². The molecular weight excluding hydrogens is 375 g/mol. The molecule has 116 valence electrons. The van der Waals surface area contributed by atoms with Gasteiger partial charge in [0.2, 0.25) is 5.91 Å². The Bertz CT molecular complexity index is 794. The van der Waals surface area contributed by atoms with Crippen molar-refractivity contribution in [3.05, 3.63) is 58.8 Å². The van der Waals surface area contributed by atoms with E-state index >= 15 is 0 Å². The zero-order chi connectivity index (χ0) is 16.3. The molecule has 0 aliphatic heterocycles. The Kier molecular flexibility index (Phi) is 4.82. The van der Waals surface area contributed by atoms with Gasteiger partial charge < -0.3 is 5.73 Å². The van der Waals surface area contributed by atoms with Crippen LogP contribution in [0.15, 0.2) is 57.9 Å². The zero-order valence-corrected chi connectivity index (χ0v) is 13.6. The number of amides is 1. The molecule has 0 unspecified atom stereocenters. The fraction of sp³-hybridized carbons (Fsp3) is 0.0714. The summed E-state index contributed by atoms with van der Waals surface area (Å²) in [5, 5.41) is 0. The highest BCUT2D eigenvalue weighted by Crippen LogP contribution is 2.25. The lowest BCUT2D eigenvalue weighted by Gasteiger charge is -2.23. The van der Waals surface area contributed by atoms with Crippen LogP contribution in [0.1, 0.15) is 0 Å². The molecule has 2 N–H and O–H groups in total. The number of primary amides is 1. The second-order valence-corrected chi connectivity index (χ2v) is 7.19. The predicted molar refractivity (Wildman–Crippen MR) is 84.3 cm³/mol. The maximum Gasteiger partial charge on any atom is 0.264 e. The number of rotatable bonds is 5. The molecule has 0 atom stereocenters. The van der Waals surface area contributed by atoms with Gasteiger partial charge >= 0.3 is 0 Å². The van der Waals surface area contributed by atoms with E-state index in [1.54, 1.807) is 12.1 Å². The van der Waals surface area contributed by atoms with Crippen molar-refractivity contribution < 1.29 is 17.6 Å². The molecule has 0 radical (unpaired) electrons. The van der Waals surface area contributed by atoms with E-state index in [1.165, 1.54) is 30.3 Å². The molecule has 5 nitrogen and oxygen atoms in total. The Morgan fingerprint density at radius 1 is 1.18 bits per heavy atom. The summed E-state index contributed by atoms with van der Waals surface area (Å²) in [7, 11) is -4.04. The first kappa shape index (κ1) is 16.4. The molecule has 0 fully saturated rings. The Morgan fingerprint density at radius 3 is 2.36 bits per heavy atom. The molecule has 0 aromatic heterocycles. The van der Waals surface area contributed by atoms with Crippen LogP contribution in [-0.2, 0) is 14.8 Å². The van der Waals surface area contributed by atoms with Gasteiger partial charge in [-0.1, -0.05) is 22.0 Å². The van der Waals surface area contributed by atoms with E-state index in [4.69, 9.17) is 5.73 Å². The van der Waals surface area contributed by atoms with E-state index in [1.807, 2.05) is 0 Å². The normalized spacial score (nSPS) is 11.2. The fourth-order valence-electron chi connectivity index (χ4n) is 1.82. The molecule has 0 heterocycles. The second-order valence-electron chi connectivity index (χ2n) is 4.41. The van der Waals surface area contributed by atoms with Crippen molar-refractivity contribution in [1.82, 2.24) is 0 Å². The van der Waals surface area contributed by atoms with Crippen molar-refractivity contribution in [3.63, 3.8) is 0 Å². The highest BCUT2D eigenvalue weighted by Gasteiger charge is 2.26. The minimum atomic E-state index is -4.04. The second kappa shape index (κ2) is 6.45. The molecular formula is C14H12BrFN2O3S. The quantitative estimate of drug-likeness (QED) is 0.855. The summed E-state index contributed by atoms with van der Waals surface area (Å²) in [5.41, 5.74) is 5.15. The largest absolute Gasteiger partial charge is 0.368 e. The summed E-state index contributed by atoms with van der Waals surface area (Å²) < 4.78 is 40.2. The van der Waals surface area contributed by atoms with E-state index in [9.17, 15) is 17.6 Å². The van der Waals surface area contributed by atoms with E-state index in [0.717, 1.165) is 10.4 Å². The summed E-state index contributed by atoms with van der Waals surface area (Å²) in [4.78, 5) is 11.2. The topological polar surface area (TPSA) is 80.5 Å². The Hall–Kier alpha value is -1.93. The van der Waals surface area contributed by atoms with Crippen molar-refractivity contribution in [2.45, 2.75) is 4.90 Å². The molecule has 8 heteroatoms. The van der Waals surface area contributed by atoms with E-state index in [2.05, 4.69) is 15.9 Å². The van der Waals surface area contributed by atoms with Gasteiger partial charge in [0.1, 0.15) is 12.4 Å². The molecule has 0 spiro atoms. The van der Waals surface area contributed by atoms with E-state index in [-0.39, 0.29) is 10.6 Å². The van der Waals surface area contributed by atoms with Crippen LogP contribution in [0.5, 0.6) is 0 Å². The molecule has 0 saturated heterocycles. The van der Waals surface area contributed by atoms with Crippen molar-refractivity contribution in [2.75, 3.05) is 10.8 Å². The van der Waals surface area contributed by atoms with Gasteiger partial charge in [-0.15, -0.1) is 0 Å². The molecule has 2 aromatic carbocycles. The first-order valence-electron chi connectivity index (χ1n) is 6.13. The van der Waals surface area contributed by atoms with Crippen LogP contribution in [-0.4, -0.2) is 20.9 Å². The van der Waals surface area contributed by atoms with Gasteiger partial charge in [-0.25, -0.2) is 12.8 Å². The number of hydrogen-bond acceptors (Lipinski definition) is 3. The van der Waals surface area contributed by atoms with Crippen LogP contribution < -0.4 is 10.0 Å². The summed E-state index contributed by atoms with van der Waals surface area (Å²) >= 11 is 3.21. The smallest absolute Gasteiger partial charge is 0.264 e. The van der Waals surface area contributed by atoms with Gasteiger partial charge in [-0.3, -0.25) is 9.10 Å². The third kappa shape index (κ3) is 3.63. The van der Waals surface area contributed by atoms with Crippen molar-refractivity contribution in [1.29, 1.82) is 0 Å². The molecule has 0 aliphatic rings. The number of nitrogens with zero attached hydrogens (tertiary/aromatic N) is 1. The summed E-state index contributed by atoms with van der Waals surface area (Å²) in [6.07, 6.45) is 0. The number of anilines is 1. The number of hydrogen-bond donors (Lipinski definition) is 1.